The molecule has 0 fully saturated rings. The molecule has 0 amide bonds. The predicted molar refractivity (Wildman–Crippen MR) is 62.9 cm³/mol. The van der Waals surface area contributed by atoms with Crippen LogP contribution in [-0.4, -0.2) is 6.54 Å². The normalized spacial score (nSPS) is 10.0. The van der Waals surface area contributed by atoms with Gasteiger partial charge in [-0.2, -0.15) is 0 Å². The van der Waals surface area contributed by atoms with E-state index in [4.69, 9.17) is 5.73 Å². The smallest absolute Gasteiger partial charge is 0.00365 e. The van der Waals surface area contributed by atoms with Crippen LogP contribution in [0, 0.1) is 34.6 Å². The SMILES string of the molecule is Cc1c(C)c(C)c(CCN)c(C)c1C.[Cl-]. The molecule has 0 unspecified atom stereocenters. The van der Waals surface area contributed by atoms with Gasteiger partial charge in [0.05, 0.1) is 0 Å². The zero-order valence-corrected chi connectivity index (χ0v) is 11.1. The maximum atomic E-state index is 5.64. The highest BCUT2D eigenvalue weighted by molar-refractivity contribution is 5.49. The van der Waals surface area contributed by atoms with Crippen molar-refractivity contribution in [3.05, 3.63) is 33.4 Å². The molecule has 0 aliphatic rings. The molecule has 0 aliphatic carbocycles. The third-order valence-electron chi connectivity index (χ3n) is 3.55. The van der Waals surface area contributed by atoms with Gasteiger partial charge in [0, 0.05) is 0 Å². The Kier molecular flexibility index (Phi) is 5.33. The Labute approximate surface area is 99.5 Å². The van der Waals surface area contributed by atoms with E-state index in [0.717, 1.165) is 13.0 Å². The van der Waals surface area contributed by atoms with E-state index in [1.165, 1.54) is 33.4 Å². The molecule has 86 valence electrons. The lowest BCUT2D eigenvalue weighted by Gasteiger charge is -2.18. The first-order valence-electron chi connectivity index (χ1n) is 5.26. The molecule has 1 nitrogen and oxygen atoms in total. The van der Waals surface area contributed by atoms with E-state index >= 15 is 0 Å². The fourth-order valence-electron chi connectivity index (χ4n) is 2.10. The van der Waals surface area contributed by atoms with Crippen molar-refractivity contribution in [3.63, 3.8) is 0 Å². The van der Waals surface area contributed by atoms with Crippen LogP contribution in [0.4, 0.5) is 0 Å². The lowest BCUT2D eigenvalue weighted by molar-refractivity contribution is -0.00000334. The molecule has 1 aromatic rings. The number of benzene rings is 1. The predicted octanol–water partition coefficient (Wildman–Crippen LogP) is -0.266. The van der Waals surface area contributed by atoms with Crippen LogP contribution in [-0.2, 0) is 6.42 Å². The summed E-state index contributed by atoms with van der Waals surface area (Å²) in [6.45, 7) is 11.8. The van der Waals surface area contributed by atoms with Gasteiger partial charge in [-0.05, 0) is 81.0 Å². The van der Waals surface area contributed by atoms with E-state index in [-0.39, 0.29) is 12.4 Å². The summed E-state index contributed by atoms with van der Waals surface area (Å²) in [5, 5.41) is 0. The van der Waals surface area contributed by atoms with Crippen molar-refractivity contribution in [1.29, 1.82) is 0 Å². The molecule has 1 rings (SSSR count). The van der Waals surface area contributed by atoms with Gasteiger partial charge in [-0.25, -0.2) is 0 Å². The highest BCUT2D eigenvalue weighted by atomic mass is 35.5. The molecule has 1 aromatic carbocycles. The highest BCUT2D eigenvalue weighted by Gasteiger charge is 2.10. The standard InChI is InChI=1S/C13H21N.ClH/c1-8-9(2)11(4)13(6-7-14)12(5)10(8)3;/h6-7,14H2,1-5H3;1H/p-1. The van der Waals surface area contributed by atoms with Gasteiger partial charge in [-0.3, -0.25) is 0 Å². The van der Waals surface area contributed by atoms with Crippen LogP contribution < -0.4 is 18.1 Å². The lowest BCUT2D eigenvalue weighted by atomic mass is 9.88. The number of nitrogens with two attached hydrogens (primary N) is 1. The minimum Gasteiger partial charge on any atom is -1.00 e. The van der Waals surface area contributed by atoms with Gasteiger partial charge in [0.1, 0.15) is 0 Å². The van der Waals surface area contributed by atoms with Gasteiger partial charge in [0.25, 0.3) is 0 Å². The Hall–Kier alpha value is -0.530. The molecule has 2 heteroatoms. The van der Waals surface area contributed by atoms with Gasteiger partial charge in [-0.1, -0.05) is 0 Å². The summed E-state index contributed by atoms with van der Waals surface area (Å²) in [4.78, 5) is 0. The Morgan fingerprint density at radius 3 is 1.40 bits per heavy atom. The average molecular weight is 227 g/mol. The molecule has 0 aliphatic heterocycles. The Balaban J connectivity index is 0.00000196. The number of rotatable bonds is 2. The van der Waals surface area contributed by atoms with E-state index in [9.17, 15) is 0 Å². The average Bonchev–Trinajstić information content (AvgIpc) is 2.19. The topological polar surface area (TPSA) is 26.0 Å². The quantitative estimate of drug-likeness (QED) is 0.739. The maximum Gasteiger partial charge on any atom is -0.00365 e. The molecular formula is C13H21ClN-. The number of hydrogen-bond donors (Lipinski definition) is 1. The number of halogens is 1. The molecule has 0 atom stereocenters. The molecule has 2 N–H and O–H groups in total. The van der Waals surface area contributed by atoms with Crippen LogP contribution >= 0.6 is 0 Å². The Morgan fingerprint density at radius 2 is 1.07 bits per heavy atom. The first-order valence-corrected chi connectivity index (χ1v) is 5.26. The van der Waals surface area contributed by atoms with Crippen LogP contribution in [0.3, 0.4) is 0 Å². The number of hydrogen-bond acceptors (Lipinski definition) is 1. The summed E-state index contributed by atoms with van der Waals surface area (Å²) in [6, 6.07) is 0. The van der Waals surface area contributed by atoms with Gasteiger partial charge >= 0.3 is 0 Å². The monoisotopic (exact) mass is 226 g/mol. The Morgan fingerprint density at radius 1 is 0.733 bits per heavy atom. The summed E-state index contributed by atoms with van der Waals surface area (Å²) in [7, 11) is 0. The van der Waals surface area contributed by atoms with E-state index in [0.29, 0.717) is 0 Å². The van der Waals surface area contributed by atoms with Gasteiger partial charge in [0.15, 0.2) is 0 Å². The summed E-state index contributed by atoms with van der Waals surface area (Å²) in [6.07, 6.45) is 1.000. The fourth-order valence-corrected chi connectivity index (χ4v) is 2.10. The third-order valence-corrected chi connectivity index (χ3v) is 3.55. The largest absolute Gasteiger partial charge is 1.00 e. The zero-order chi connectivity index (χ0) is 10.9. The molecule has 0 spiro atoms. The summed E-state index contributed by atoms with van der Waals surface area (Å²) >= 11 is 0. The van der Waals surface area contributed by atoms with Gasteiger partial charge in [0.2, 0.25) is 0 Å². The lowest BCUT2D eigenvalue weighted by Crippen LogP contribution is -3.00. The molecular weight excluding hydrogens is 206 g/mol. The van der Waals surface area contributed by atoms with Gasteiger partial charge in [-0.15, -0.1) is 0 Å². The maximum absolute atomic E-state index is 5.64. The zero-order valence-electron chi connectivity index (χ0n) is 10.4. The first-order chi connectivity index (χ1) is 6.50. The highest BCUT2D eigenvalue weighted by Crippen LogP contribution is 2.25. The van der Waals surface area contributed by atoms with Crippen molar-refractivity contribution in [1.82, 2.24) is 0 Å². The second-order valence-corrected chi connectivity index (χ2v) is 4.14. The van der Waals surface area contributed by atoms with Crippen molar-refractivity contribution in [2.75, 3.05) is 6.54 Å². The van der Waals surface area contributed by atoms with Crippen molar-refractivity contribution in [2.45, 2.75) is 41.0 Å². The van der Waals surface area contributed by atoms with Crippen molar-refractivity contribution in [3.8, 4) is 0 Å². The first kappa shape index (κ1) is 14.5. The molecule has 0 saturated carbocycles. The minimum absolute atomic E-state index is 0. The molecule has 15 heavy (non-hydrogen) atoms. The Bertz CT molecular complexity index is 327. The summed E-state index contributed by atoms with van der Waals surface area (Å²) < 4.78 is 0. The third kappa shape index (κ3) is 2.53. The molecule has 0 saturated heterocycles. The minimum atomic E-state index is 0. The van der Waals surface area contributed by atoms with Crippen LogP contribution in [0.2, 0.25) is 0 Å². The van der Waals surface area contributed by atoms with E-state index < -0.39 is 0 Å². The molecule has 0 heterocycles. The van der Waals surface area contributed by atoms with Crippen LogP contribution in [0.15, 0.2) is 0 Å². The van der Waals surface area contributed by atoms with E-state index in [1.54, 1.807) is 0 Å². The summed E-state index contributed by atoms with van der Waals surface area (Å²) in [5.74, 6) is 0. The van der Waals surface area contributed by atoms with E-state index in [1.807, 2.05) is 0 Å². The molecule has 0 aromatic heterocycles. The van der Waals surface area contributed by atoms with Crippen LogP contribution in [0.25, 0.3) is 0 Å². The fraction of sp³-hybridized carbons (Fsp3) is 0.538. The summed E-state index contributed by atoms with van der Waals surface area (Å²) in [5.41, 5.74) is 14.2. The molecule has 0 bridgehead atoms. The second-order valence-electron chi connectivity index (χ2n) is 4.14. The van der Waals surface area contributed by atoms with Gasteiger partial charge < -0.3 is 18.1 Å². The van der Waals surface area contributed by atoms with Crippen LogP contribution in [0.1, 0.15) is 33.4 Å². The van der Waals surface area contributed by atoms with Crippen molar-refractivity contribution >= 4 is 0 Å². The molecule has 0 radical (unpaired) electrons. The van der Waals surface area contributed by atoms with Crippen molar-refractivity contribution < 1.29 is 12.4 Å². The van der Waals surface area contributed by atoms with Crippen LogP contribution in [0.5, 0.6) is 0 Å². The van der Waals surface area contributed by atoms with E-state index in [2.05, 4.69) is 34.6 Å². The second kappa shape index (κ2) is 5.53. The van der Waals surface area contributed by atoms with Crippen molar-refractivity contribution in [2.24, 2.45) is 5.73 Å².